The van der Waals surface area contributed by atoms with Gasteiger partial charge in [0, 0.05) is 10.0 Å². The second kappa shape index (κ2) is 4.48. The van der Waals surface area contributed by atoms with Crippen molar-refractivity contribution in [2.45, 2.75) is 31.2 Å². The van der Waals surface area contributed by atoms with Crippen LogP contribution in [-0.4, -0.2) is 10.1 Å². The molecule has 1 fully saturated rings. The molecule has 3 rings (SSSR count). The first-order valence-electron chi connectivity index (χ1n) is 6.06. The van der Waals surface area contributed by atoms with Crippen LogP contribution in [0.3, 0.4) is 0 Å². The Balaban J connectivity index is 1.94. The van der Waals surface area contributed by atoms with E-state index in [2.05, 4.69) is 26.1 Å². The molecule has 0 spiro atoms. The predicted octanol–water partition coefficient (Wildman–Crippen LogP) is 3.23. The number of nitrogens with two attached hydrogens (primary N) is 1. The van der Waals surface area contributed by atoms with Crippen molar-refractivity contribution in [3.8, 4) is 11.4 Å². The molecule has 1 aromatic heterocycles. The van der Waals surface area contributed by atoms with Crippen LogP contribution in [0.2, 0.25) is 0 Å². The fourth-order valence-corrected chi connectivity index (χ4v) is 2.79. The molecule has 2 aromatic rings. The Labute approximate surface area is 114 Å². The average molecular weight is 308 g/mol. The Kier molecular flexibility index (Phi) is 2.95. The molecule has 0 saturated heterocycles. The summed E-state index contributed by atoms with van der Waals surface area (Å²) >= 11 is 3.43. The molecule has 1 saturated carbocycles. The van der Waals surface area contributed by atoms with Gasteiger partial charge in [-0.3, -0.25) is 0 Å². The summed E-state index contributed by atoms with van der Waals surface area (Å²) in [6.07, 6.45) is 4.11. The van der Waals surface area contributed by atoms with Crippen molar-refractivity contribution in [1.29, 1.82) is 0 Å². The summed E-state index contributed by atoms with van der Waals surface area (Å²) in [6, 6.07) is 7.83. The van der Waals surface area contributed by atoms with Crippen LogP contribution < -0.4 is 5.73 Å². The third kappa shape index (κ3) is 2.08. The first kappa shape index (κ1) is 11.9. The van der Waals surface area contributed by atoms with Gasteiger partial charge in [0.25, 0.3) is 0 Å². The van der Waals surface area contributed by atoms with Gasteiger partial charge in [0.2, 0.25) is 11.7 Å². The van der Waals surface area contributed by atoms with Crippen LogP contribution >= 0.6 is 15.9 Å². The minimum atomic E-state index is -0.419. The Morgan fingerprint density at radius 3 is 2.78 bits per heavy atom. The van der Waals surface area contributed by atoms with E-state index in [-0.39, 0.29) is 0 Å². The number of halogens is 1. The molecule has 5 heteroatoms. The maximum Gasteiger partial charge on any atom is 0.247 e. The number of hydrogen-bond acceptors (Lipinski definition) is 4. The van der Waals surface area contributed by atoms with E-state index in [1.807, 2.05) is 24.3 Å². The van der Waals surface area contributed by atoms with Crippen LogP contribution in [0.5, 0.6) is 0 Å². The zero-order valence-electron chi connectivity index (χ0n) is 9.90. The zero-order chi connectivity index (χ0) is 12.6. The van der Waals surface area contributed by atoms with Gasteiger partial charge in [0.05, 0.1) is 5.54 Å². The van der Waals surface area contributed by atoms with Crippen molar-refractivity contribution < 1.29 is 4.52 Å². The first-order valence-corrected chi connectivity index (χ1v) is 6.86. The monoisotopic (exact) mass is 307 g/mol. The topological polar surface area (TPSA) is 64.9 Å². The highest BCUT2D eigenvalue weighted by atomic mass is 79.9. The molecule has 4 nitrogen and oxygen atoms in total. The predicted molar refractivity (Wildman–Crippen MR) is 71.8 cm³/mol. The number of nitrogens with zero attached hydrogens (tertiary/aromatic N) is 2. The van der Waals surface area contributed by atoms with E-state index in [0.29, 0.717) is 11.7 Å². The maximum absolute atomic E-state index is 6.30. The molecule has 0 amide bonds. The highest BCUT2D eigenvalue weighted by Crippen LogP contribution is 2.36. The molecule has 0 bridgehead atoms. The SMILES string of the molecule is NC1(c2nc(-c3cccc(Br)c3)no2)CCCC1. The minimum absolute atomic E-state index is 0.419. The Morgan fingerprint density at radius 2 is 2.06 bits per heavy atom. The van der Waals surface area contributed by atoms with Crippen molar-refractivity contribution in [1.82, 2.24) is 10.1 Å². The second-order valence-electron chi connectivity index (χ2n) is 4.80. The highest BCUT2D eigenvalue weighted by Gasteiger charge is 2.36. The van der Waals surface area contributed by atoms with Crippen molar-refractivity contribution in [3.63, 3.8) is 0 Å². The Hall–Kier alpha value is -1.20. The summed E-state index contributed by atoms with van der Waals surface area (Å²) in [5, 5.41) is 4.03. The molecule has 1 aromatic carbocycles. The van der Waals surface area contributed by atoms with Crippen molar-refractivity contribution >= 4 is 15.9 Å². The van der Waals surface area contributed by atoms with E-state index < -0.39 is 5.54 Å². The van der Waals surface area contributed by atoms with Crippen LogP contribution in [0.1, 0.15) is 31.6 Å². The summed E-state index contributed by atoms with van der Waals surface area (Å²) < 4.78 is 6.34. The molecular formula is C13H14BrN3O. The summed E-state index contributed by atoms with van der Waals surface area (Å²) in [6.45, 7) is 0. The third-order valence-electron chi connectivity index (χ3n) is 3.43. The van der Waals surface area contributed by atoms with Crippen LogP contribution in [-0.2, 0) is 5.54 Å². The molecule has 1 aliphatic carbocycles. The van der Waals surface area contributed by atoms with Crippen LogP contribution in [0.4, 0.5) is 0 Å². The lowest BCUT2D eigenvalue weighted by Gasteiger charge is -2.17. The zero-order valence-corrected chi connectivity index (χ0v) is 11.5. The van der Waals surface area contributed by atoms with Crippen LogP contribution in [0, 0.1) is 0 Å². The molecule has 0 atom stereocenters. The molecular weight excluding hydrogens is 294 g/mol. The van der Waals surface area contributed by atoms with E-state index in [0.717, 1.165) is 35.7 Å². The van der Waals surface area contributed by atoms with E-state index >= 15 is 0 Å². The van der Waals surface area contributed by atoms with Gasteiger partial charge >= 0.3 is 0 Å². The largest absolute Gasteiger partial charge is 0.337 e. The van der Waals surface area contributed by atoms with Gasteiger partial charge in [-0.05, 0) is 25.0 Å². The number of aromatic nitrogens is 2. The molecule has 1 aliphatic rings. The lowest BCUT2D eigenvalue weighted by atomic mass is 9.99. The molecule has 0 radical (unpaired) electrons. The lowest BCUT2D eigenvalue weighted by molar-refractivity contribution is 0.285. The summed E-state index contributed by atoms with van der Waals surface area (Å²) in [5.74, 6) is 1.16. The molecule has 0 unspecified atom stereocenters. The number of benzene rings is 1. The van der Waals surface area contributed by atoms with Crippen LogP contribution in [0.25, 0.3) is 11.4 Å². The van der Waals surface area contributed by atoms with E-state index in [4.69, 9.17) is 10.3 Å². The van der Waals surface area contributed by atoms with Gasteiger partial charge < -0.3 is 10.3 Å². The van der Waals surface area contributed by atoms with Gasteiger partial charge in [-0.1, -0.05) is 46.1 Å². The standard InChI is InChI=1S/C13H14BrN3O/c14-10-5-3-4-9(8-10)11-16-12(18-17-11)13(15)6-1-2-7-13/h3-5,8H,1-2,6-7,15H2. The van der Waals surface area contributed by atoms with Crippen molar-refractivity contribution in [2.24, 2.45) is 5.73 Å². The van der Waals surface area contributed by atoms with E-state index in [1.165, 1.54) is 0 Å². The highest BCUT2D eigenvalue weighted by molar-refractivity contribution is 9.10. The second-order valence-corrected chi connectivity index (χ2v) is 5.71. The van der Waals surface area contributed by atoms with Gasteiger partial charge in [0.1, 0.15) is 0 Å². The van der Waals surface area contributed by atoms with Gasteiger partial charge in [-0.2, -0.15) is 4.98 Å². The molecule has 2 N–H and O–H groups in total. The average Bonchev–Trinajstić information content (AvgIpc) is 2.98. The minimum Gasteiger partial charge on any atom is -0.337 e. The molecule has 94 valence electrons. The van der Waals surface area contributed by atoms with E-state index in [9.17, 15) is 0 Å². The Bertz CT molecular complexity index is 561. The van der Waals surface area contributed by atoms with Gasteiger partial charge in [-0.15, -0.1) is 0 Å². The first-order chi connectivity index (χ1) is 8.67. The van der Waals surface area contributed by atoms with Gasteiger partial charge in [0.15, 0.2) is 0 Å². The smallest absolute Gasteiger partial charge is 0.247 e. The Morgan fingerprint density at radius 1 is 1.28 bits per heavy atom. The van der Waals surface area contributed by atoms with E-state index in [1.54, 1.807) is 0 Å². The molecule has 1 heterocycles. The fraction of sp³-hybridized carbons (Fsp3) is 0.385. The molecule has 18 heavy (non-hydrogen) atoms. The maximum atomic E-state index is 6.30. The van der Waals surface area contributed by atoms with Gasteiger partial charge in [-0.25, -0.2) is 0 Å². The summed E-state index contributed by atoms with van der Waals surface area (Å²) in [7, 11) is 0. The third-order valence-corrected chi connectivity index (χ3v) is 3.92. The summed E-state index contributed by atoms with van der Waals surface area (Å²) in [4.78, 5) is 4.45. The summed E-state index contributed by atoms with van der Waals surface area (Å²) in [5.41, 5.74) is 6.81. The number of rotatable bonds is 2. The van der Waals surface area contributed by atoms with Crippen molar-refractivity contribution in [3.05, 3.63) is 34.6 Å². The molecule has 0 aliphatic heterocycles. The fourth-order valence-electron chi connectivity index (χ4n) is 2.39. The van der Waals surface area contributed by atoms with Crippen molar-refractivity contribution in [2.75, 3.05) is 0 Å². The number of hydrogen-bond donors (Lipinski definition) is 1. The lowest BCUT2D eigenvalue weighted by Crippen LogP contribution is -2.33. The normalized spacial score (nSPS) is 18.1. The quantitative estimate of drug-likeness (QED) is 0.925. The van der Waals surface area contributed by atoms with Crippen LogP contribution in [0.15, 0.2) is 33.3 Å².